The van der Waals surface area contributed by atoms with Crippen molar-refractivity contribution in [3.05, 3.63) is 95.5 Å². The zero-order chi connectivity index (χ0) is 26.1. The minimum Gasteiger partial charge on any atom is -0.482 e. The minimum absolute atomic E-state index is 0.0254. The van der Waals surface area contributed by atoms with Crippen LogP contribution >= 0.6 is 46.1 Å². The molecule has 0 bridgehead atoms. The molecule has 0 aliphatic carbocycles. The van der Waals surface area contributed by atoms with Gasteiger partial charge in [0.25, 0.3) is 11.6 Å². The molecule has 5 rings (SSSR count). The maximum atomic E-state index is 11.8. The number of hydrogen-bond acceptors (Lipinski definition) is 7. The number of rotatable bonds is 5. The van der Waals surface area contributed by atoms with E-state index >= 15 is 0 Å². The van der Waals surface area contributed by atoms with Crippen LogP contribution in [0.25, 0.3) is 11.3 Å². The van der Waals surface area contributed by atoms with Gasteiger partial charge in [0.1, 0.15) is 10.8 Å². The number of ether oxygens (including phenoxy) is 1. The van der Waals surface area contributed by atoms with Crippen LogP contribution in [0.4, 0.5) is 17.1 Å². The molecule has 0 spiro atoms. The highest BCUT2D eigenvalue weighted by Crippen LogP contribution is 2.33. The van der Waals surface area contributed by atoms with Crippen molar-refractivity contribution in [2.45, 2.75) is 0 Å². The number of anilines is 1. The SMILES string of the molecule is O=C1COc2ccc(-c3csc(=Nc4ccc(Cl)cc4Cl)n3N=Cc3ccc(Cl)c([N+](=O)[O-])c3)cc2N1. The maximum absolute atomic E-state index is 11.8. The zero-order valence-corrected chi connectivity index (χ0v) is 21.6. The average Bonchev–Trinajstić information content (AvgIpc) is 3.26. The second kappa shape index (κ2) is 10.3. The summed E-state index contributed by atoms with van der Waals surface area (Å²) in [5.41, 5.74) is 2.62. The van der Waals surface area contributed by atoms with Crippen LogP contribution in [0, 0.1) is 10.1 Å². The van der Waals surface area contributed by atoms with Gasteiger partial charge in [0.15, 0.2) is 6.61 Å². The lowest BCUT2D eigenvalue weighted by atomic mass is 10.1. The summed E-state index contributed by atoms with van der Waals surface area (Å²) < 4.78 is 7.03. The molecule has 1 amide bonds. The highest BCUT2D eigenvalue weighted by molar-refractivity contribution is 7.07. The first-order valence-electron chi connectivity index (χ1n) is 10.5. The summed E-state index contributed by atoms with van der Waals surface area (Å²) in [5, 5.41) is 21.4. The van der Waals surface area contributed by atoms with E-state index in [2.05, 4.69) is 15.4 Å². The Morgan fingerprint density at radius 2 is 1.92 bits per heavy atom. The van der Waals surface area contributed by atoms with Gasteiger partial charge in [0.05, 0.1) is 33.2 Å². The summed E-state index contributed by atoms with van der Waals surface area (Å²) in [6.45, 7) is -0.0484. The number of hydrogen-bond donors (Lipinski definition) is 1. The molecule has 0 saturated carbocycles. The number of halogens is 3. The van der Waals surface area contributed by atoms with E-state index in [1.165, 1.54) is 29.7 Å². The first-order chi connectivity index (χ1) is 17.8. The zero-order valence-electron chi connectivity index (χ0n) is 18.5. The van der Waals surface area contributed by atoms with Gasteiger partial charge in [0.2, 0.25) is 4.80 Å². The number of fused-ring (bicyclic) bond motifs is 1. The van der Waals surface area contributed by atoms with Crippen LogP contribution in [-0.2, 0) is 4.79 Å². The van der Waals surface area contributed by atoms with Crippen molar-refractivity contribution in [1.82, 2.24) is 4.68 Å². The van der Waals surface area contributed by atoms with Crippen molar-refractivity contribution in [3.8, 4) is 17.0 Å². The third-order valence-electron chi connectivity index (χ3n) is 5.21. The number of aromatic nitrogens is 1. The Labute approximate surface area is 228 Å². The molecule has 0 unspecified atom stereocenters. The average molecular weight is 575 g/mol. The third-order valence-corrected chi connectivity index (χ3v) is 6.88. The van der Waals surface area contributed by atoms with Crippen molar-refractivity contribution in [1.29, 1.82) is 0 Å². The molecule has 1 aromatic heterocycles. The predicted molar refractivity (Wildman–Crippen MR) is 145 cm³/mol. The van der Waals surface area contributed by atoms with Gasteiger partial charge in [-0.05, 0) is 42.5 Å². The lowest BCUT2D eigenvalue weighted by Crippen LogP contribution is -2.25. The van der Waals surface area contributed by atoms with Crippen molar-refractivity contribution in [2.24, 2.45) is 10.1 Å². The smallest absolute Gasteiger partial charge is 0.288 e. The molecule has 0 radical (unpaired) electrons. The van der Waals surface area contributed by atoms with Gasteiger partial charge in [-0.25, -0.2) is 9.67 Å². The third kappa shape index (κ3) is 5.37. The summed E-state index contributed by atoms with van der Waals surface area (Å²) in [5.74, 6) is 0.304. The van der Waals surface area contributed by atoms with Crippen LogP contribution in [0.5, 0.6) is 5.75 Å². The van der Waals surface area contributed by atoms with Crippen molar-refractivity contribution >= 4 is 75.3 Å². The molecule has 186 valence electrons. The van der Waals surface area contributed by atoms with E-state index in [0.717, 1.165) is 5.56 Å². The topological polar surface area (TPSA) is 111 Å². The molecule has 2 heterocycles. The van der Waals surface area contributed by atoms with Crippen LogP contribution in [-0.4, -0.2) is 28.3 Å². The molecule has 9 nitrogen and oxygen atoms in total. The second-order valence-electron chi connectivity index (χ2n) is 7.68. The van der Waals surface area contributed by atoms with Gasteiger partial charge < -0.3 is 10.1 Å². The highest BCUT2D eigenvalue weighted by atomic mass is 35.5. The monoisotopic (exact) mass is 573 g/mol. The number of thiazole rings is 1. The van der Waals surface area contributed by atoms with E-state index in [-0.39, 0.29) is 23.2 Å². The lowest BCUT2D eigenvalue weighted by Gasteiger charge is -2.18. The van der Waals surface area contributed by atoms with Crippen LogP contribution in [0.3, 0.4) is 0 Å². The second-order valence-corrected chi connectivity index (χ2v) is 9.77. The standard InChI is InChI=1S/C24H14Cl3N5O4S/c25-15-3-5-18(17(27)9-15)30-24-31(28-10-13-1-4-16(26)20(7-13)32(34)35)21(12-37-24)14-2-6-22-19(8-14)29-23(33)11-36-22/h1-10,12H,11H2,(H,29,33). The fraction of sp³-hybridized carbons (Fsp3) is 0.0417. The number of nitrogens with one attached hydrogen (secondary N) is 1. The van der Waals surface area contributed by atoms with Crippen molar-refractivity contribution < 1.29 is 14.5 Å². The first-order valence-corrected chi connectivity index (χ1v) is 12.6. The van der Waals surface area contributed by atoms with Crippen molar-refractivity contribution in [2.75, 3.05) is 11.9 Å². The van der Waals surface area contributed by atoms with E-state index in [0.29, 0.717) is 43.2 Å². The Balaban J connectivity index is 1.64. The Hall–Kier alpha value is -3.70. The fourth-order valence-electron chi connectivity index (χ4n) is 3.48. The predicted octanol–water partition coefficient (Wildman–Crippen LogP) is 6.53. The Bertz CT molecular complexity index is 1660. The van der Waals surface area contributed by atoms with E-state index in [4.69, 9.17) is 39.5 Å². The number of nitrogens with zero attached hydrogens (tertiary/aromatic N) is 4. The van der Waals surface area contributed by atoms with Crippen molar-refractivity contribution in [3.63, 3.8) is 0 Å². The first kappa shape index (κ1) is 25.0. The molecule has 1 aliphatic rings. The van der Waals surface area contributed by atoms with Gasteiger partial charge in [-0.3, -0.25) is 14.9 Å². The quantitative estimate of drug-likeness (QED) is 0.166. The number of amides is 1. The molecular weight excluding hydrogens is 561 g/mol. The van der Waals surface area contributed by atoms with Crippen LogP contribution in [0.15, 0.2) is 70.1 Å². The lowest BCUT2D eigenvalue weighted by molar-refractivity contribution is -0.384. The largest absolute Gasteiger partial charge is 0.482 e. The number of nitro groups is 1. The molecule has 13 heteroatoms. The maximum Gasteiger partial charge on any atom is 0.288 e. The molecule has 3 aromatic carbocycles. The highest BCUT2D eigenvalue weighted by Gasteiger charge is 2.18. The van der Waals surface area contributed by atoms with Gasteiger partial charge in [-0.2, -0.15) is 5.10 Å². The summed E-state index contributed by atoms with van der Waals surface area (Å²) >= 11 is 19.6. The summed E-state index contributed by atoms with van der Waals surface area (Å²) in [6, 6.07) is 14.7. The van der Waals surface area contributed by atoms with Gasteiger partial charge in [-0.1, -0.05) is 40.9 Å². The Kier molecular flexibility index (Phi) is 6.98. The number of carbonyl (C=O) groups is 1. The molecule has 1 N–H and O–H groups in total. The normalized spacial score (nSPS) is 13.4. The minimum atomic E-state index is -0.560. The van der Waals surface area contributed by atoms with Crippen LogP contribution in [0.2, 0.25) is 15.1 Å². The van der Waals surface area contributed by atoms with Crippen LogP contribution < -0.4 is 14.9 Å². The molecule has 0 fully saturated rings. The number of carbonyl (C=O) groups excluding carboxylic acids is 1. The molecular formula is C24H14Cl3N5O4S. The van der Waals surface area contributed by atoms with Gasteiger partial charge >= 0.3 is 0 Å². The van der Waals surface area contributed by atoms with E-state index in [1.807, 2.05) is 11.4 Å². The molecule has 0 saturated heterocycles. The fourth-order valence-corrected chi connectivity index (χ4v) is 4.97. The molecule has 4 aromatic rings. The molecule has 0 atom stereocenters. The van der Waals surface area contributed by atoms with Gasteiger partial charge in [0, 0.05) is 27.6 Å². The Morgan fingerprint density at radius 1 is 1.08 bits per heavy atom. The Morgan fingerprint density at radius 3 is 2.70 bits per heavy atom. The molecule has 1 aliphatic heterocycles. The summed E-state index contributed by atoms with van der Waals surface area (Å²) in [7, 11) is 0. The molecule has 37 heavy (non-hydrogen) atoms. The number of benzene rings is 3. The summed E-state index contributed by atoms with van der Waals surface area (Å²) in [6.07, 6.45) is 1.46. The van der Waals surface area contributed by atoms with Gasteiger partial charge in [-0.15, -0.1) is 11.3 Å². The van der Waals surface area contributed by atoms with E-state index < -0.39 is 4.92 Å². The van der Waals surface area contributed by atoms with Crippen LogP contribution in [0.1, 0.15) is 5.56 Å². The summed E-state index contributed by atoms with van der Waals surface area (Å²) in [4.78, 5) is 27.7. The number of nitro benzene ring substituents is 1. The van der Waals surface area contributed by atoms with E-state index in [9.17, 15) is 14.9 Å². The van der Waals surface area contributed by atoms with E-state index in [1.54, 1.807) is 41.1 Å².